The normalized spacial score (nSPS) is 21.4. The lowest BCUT2D eigenvalue weighted by atomic mass is 9.69. The van der Waals surface area contributed by atoms with Gasteiger partial charge >= 0.3 is 0 Å². The van der Waals surface area contributed by atoms with Gasteiger partial charge in [-0.15, -0.1) is 0 Å². The fourth-order valence-corrected chi connectivity index (χ4v) is 7.53. The summed E-state index contributed by atoms with van der Waals surface area (Å²) in [6.07, 6.45) is 13.4. The number of nitrogens with zero attached hydrogens (tertiary/aromatic N) is 3. The number of benzene rings is 2. The summed E-state index contributed by atoms with van der Waals surface area (Å²) in [6.45, 7) is 0. The number of Topliss-reactive ketones (excluding diaryl/α,β-unsaturated/α-hetero) is 1. The molecule has 0 radical (unpaired) electrons. The molecule has 4 aromatic rings. The van der Waals surface area contributed by atoms with Crippen LogP contribution in [0.2, 0.25) is 5.02 Å². The minimum atomic E-state index is -0.275. The molecule has 2 heterocycles. The minimum absolute atomic E-state index is 0.151. The molecule has 0 saturated heterocycles. The zero-order valence-corrected chi connectivity index (χ0v) is 25.1. The molecule has 2 saturated carbocycles. The summed E-state index contributed by atoms with van der Waals surface area (Å²) in [4.78, 5) is 19.0. The first-order valence-electron chi connectivity index (χ1n) is 14.7. The molecule has 7 heteroatoms. The first-order chi connectivity index (χ1) is 19.5. The predicted octanol–water partition coefficient (Wildman–Crippen LogP) is 9.03. The molecule has 2 aromatic carbocycles. The summed E-state index contributed by atoms with van der Waals surface area (Å²) < 4.78 is 2.71. The number of hydrogen-bond acceptors (Lipinski definition) is 4. The van der Waals surface area contributed by atoms with Gasteiger partial charge in [-0.2, -0.15) is 9.61 Å². The highest BCUT2D eigenvalue weighted by atomic mass is 79.9. The molecule has 0 spiro atoms. The number of aromatic nitrogens is 3. The molecular formula is C33H36BrClN4O. The van der Waals surface area contributed by atoms with Gasteiger partial charge in [0, 0.05) is 28.6 Å². The molecule has 5 nitrogen and oxygen atoms in total. The Labute approximate surface area is 249 Å². The van der Waals surface area contributed by atoms with E-state index in [0.29, 0.717) is 16.8 Å². The van der Waals surface area contributed by atoms with E-state index < -0.39 is 0 Å². The maximum Gasteiger partial charge on any atom is 0.172 e. The second-order valence-corrected chi connectivity index (χ2v) is 12.8. The van der Waals surface area contributed by atoms with Gasteiger partial charge in [-0.05, 0) is 66.1 Å². The Bertz CT molecular complexity index is 1480. The van der Waals surface area contributed by atoms with Gasteiger partial charge in [-0.25, -0.2) is 4.98 Å². The van der Waals surface area contributed by atoms with E-state index in [-0.39, 0.29) is 11.3 Å². The standard InChI is InChI=1S/C33H36BrClN4O/c34-27-22-36-39-30(21-29(38-32(27)39)26-17-6-7-18-28(26)35)37-25-15-5-4-11-23(12-10-16-25)31(40)33(19-8-9-20-33)24-13-2-1-3-14-24/h1-3,6-7,13-14,17-18,21-23,25,37H,4-5,8-12,15-16,19-20H2/t23-,25?/m0/s1. The van der Waals surface area contributed by atoms with E-state index in [9.17, 15) is 4.79 Å². The van der Waals surface area contributed by atoms with Crippen LogP contribution in [0.5, 0.6) is 0 Å². The van der Waals surface area contributed by atoms with Crippen LogP contribution in [0.1, 0.15) is 76.2 Å². The van der Waals surface area contributed by atoms with Gasteiger partial charge in [0.25, 0.3) is 0 Å². The number of nitrogens with one attached hydrogen (secondary N) is 1. The summed E-state index contributed by atoms with van der Waals surface area (Å²) in [5.74, 6) is 1.57. The number of carbonyl (C=O) groups is 1. The number of fused-ring (bicyclic) bond motifs is 1. The van der Waals surface area contributed by atoms with Crippen molar-refractivity contribution in [1.82, 2.24) is 14.6 Å². The number of hydrogen-bond donors (Lipinski definition) is 1. The zero-order valence-electron chi connectivity index (χ0n) is 22.8. The van der Waals surface area contributed by atoms with Gasteiger partial charge in [0.15, 0.2) is 5.65 Å². The van der Waals surface area contributed by atoms with Crippen molar-refractivity contribution in [3.05, 3.63) is 81.9 Å². The lowest BCUT2D eigenvalue weighted by Gasteiger charge is -2.32. The van der Waals surface area contributed by atoms with Crippen molar-refractivity contribution in [3.8, 4) is 11.3 Å². The number of halogens is 2. The number of carbonyl (C=O) groups excluding carboxylic acids is 1. The van der Waals surface area contributed by atoms with Crippen LogP contribution in [0.25, 0.3) is 16.9 Å². The predicted molar refractivity (Wildman–Crippen MR) is 166 cm³/mol. The maximum atomic E-state index is 14.2. The second kappa shape index (κ2) is 12.0. The van der Waals surface area contributed by atoms with E-state index in [1.54, 1.807) is 6.20 Å². The molecule has 1 N–H and O–H groups in total. The minimum Gasteiger partial charge on any atom is -0.367 e. The van der Waals surface area contributed by atoms with Crippen molar-refractivity contribution in [2.45, 2.75) is 82.1 Å². The molecule has 6 rings (SSSR count). The highest BCUT2D eigenvalue weighted by molar-refractivity contribution is 9.10. The van der Waals surface area contributed by atoms with Gasteiger partial charge in [-0.1, -0.05) is 92.2 Å². The molecule has 0 bridgehead atoms. The van der Waals surface area contributed by atoms with Crippen molar-refractivity contribution in [2.24, 2.45) is 5.92 Å². The van der Waals surface area contributed by atoms with Crippen molar-refractivity contribution in [1.29, 1.82) is 0 Å². The Morgan fingerprint density at radius 3 is 2.42 bits per heavy atom. The Morgan fingerprint density at radius 1 is 0.925 bits per heavy atom. The number of rotatable bonds is 6. The summed E-state index contributed by atoms with van der Waals surface area (Å²) in [5.41, 5.74) is 3.44. The van der Waals surface area contributed by atoms with E-state index in [1.165, 1.54) is 5.56 Å². The van der Waals surface area contributed by atoms with Crippen LogP contribution in [-0.2, 0) is 10.2 Å². The van der Waals surface area contributed by atoms with E-state index in [2.05, 4.69) is 62.7 Å². The average Bonchev–Trinajstić information content (AvgIpc) is 3.64. The van der Waals surface area contributed by atoms with Crippen LogP contribution in [0.4, 0.5) is 5.82 Å². The van der Waals surface area contributed by atoms with E-state index >= 15 is 0 Å². The SMILES string of the molecule is O=C([C@H]1CCCCC(Nc2cc(-c3ccccc3Cl)nc3c(Br)cnn23)CCC1)C1(c2ccccc2)CCCC1. The molecule has 0 aliphatic heterocycles. The Kier molecular flexibility index (Phi) is 8.27. The number of anilines is 1. The second-order valence-electron chi connectivity index (χ2n) is 11.5. The fourth-order valence-electron chi connectivity index (χ4n) is 6.95. The van der Waals surface area contributed by atoms with Crippen LogP contribution in [0.15, 0.2) is 71.3 Å². The van der Waals surface area contributed by atoms with Gasteiger partial charge in [0.1, 0.15) is 11.6 Å². The molecule has 2 fully saturated rings. The molecule has 2 aromatic heterocycles. The first-order valence-corrected chi connectivity index (χ1v) is 15.9. The highest BCUT2D eigenvalue weighted by Gasteiger charge is 2.44. The molecule has 208 valence electrons. The van der Waals surface area contributed by atoms with E-state index in [4.69, 9.17) is 16.6 Å². The third-order valence-corrected chi connectivity index (χ3v) is 9.91. The zero-order chi connectivity index (χ0) is 27.5. The van der Waals surface area contributed by atoms with E-state index in [1.807, 2.05) is 28.8 Å². The summed E-state index contributed by atoms with van der Waals surface area (Å²) in [7, 11) is 0. The van der Waals surface area contributed by atoms with Crippen LogP contribution >= 0.6 is 27.5 Å². The van der Waals surface area contributed by atoms with Gasteiger partial charge in [0.2, 0.25) is 0 Å². The smallest absolute Gasteiger partial charge is 0.172 e. The van der Waals surface area contributed by atoms with Crippen LogP contribution in [0, 0.1) is 5.92 Å². The van der Waals surface area contributed by atoms with Gasteiger partial charge < -0.3 is 5.32 Å². The van der Waals surface area contributed by atoms with Crippen molar-refractivity contribution < 1.29 is 4.79 Å². The Balaban J connectivity index is 1.20. The summed E-state index contributed by atoms with van der Waals surface area (Å²) in [6, 6.07) is 20.8. The van der Waals surface area contributed by atoms with Crippen molar-refractivity contribution in [3.63, 3.8) is 0 Å². The highest BCUT2D eigenvalue weighted by Crippen LogP contribution is 2.45. The average molecular weight is 620 g/mol. The summed E-state index contributed by atoms with van der Waals surface area (Å²) in [5, 5.41) is 9.07. The maximum absolute atomic E-state index is 14.2. The first kappa shape index (κ1) is 27.5. The largest absolute Gasteiger partial charge is 0.367 e. The van der Waals surface area contributed by atoms with Gasteiger partial charge in [-0.3, -0.25) is 4.79 Å². The van der Waals surface area contributed by atoms with E-state index in [0.717, 1.165) is 97.8 Å². The van der Waals surface area contributed by atoms with Crippen LogP contribution in [0.3, 0.4) is 0 Å². The molecule has 0 amide bonds. The molecule has 1 unspecified atom stereocenters. The van der Waals surface area contributed by atoms with Crippen LogP contribution in [-0.4, -0.2) is 26.4 Å². The Hall–Kier alpha value is -2.70. The summed E-state index contributed by atoms with van der Waals surface area (Å²) >= 11 is 10.2. The molecule has 2 aliphatic carbocycles. The third kappa shape index (κ3) is 5.45. The third-order valence-electron chi connectivity index (χ3n) is 9.02. The number of ketones is 1. The molecule has 2 aliphatic rings. The lowest BCUT2D eigenvalue weighted by Crippen LogP contribution is -2.38. The lowest BCUT2D eigenvalue weighted by molar-refractivity contribution is -0.129. The fraction of sp³-hybridized carbons (Fsp3) is 0.424. The molecule has 2 atom stereocenters. The molecule has 40 heavy (non-hydrogen) atoms. The van der Waals surface area contributed by atoms with Gasteiger partial charge in [0.05, 0.1) is 21.8 Å². The monoisotopic (exact) mass is 618 g/mol. The van der Waals surface area contributed by atoms with Crippen molar-refractivity contribution >= 4 is 44.8 Å². The van der Waals surface area contributed by atoms with Crippen molar-refractivity contribution in [2.75, 3.05) is 5.32 Å². The topological polar surface area (TPSA) is 59.3 Å². The molecular weight excluding hydrogens is 584 g/mol. The van der Waals surface area contributed by atoms with Crippen LogP contribution < -0.4 is 5.32 Å². The Morgan fingerprint density at radius 2 is 1.62 bits per heavy atom. The quantitative estimate of drug-likeness (QED) is 0.234.